The van der Waals surface area contributed by atoms with Crippen molar-refractivity contribution in [3.05, 3.63) is 24.5 Å². The van der Waals surface area contributed by atoms with Crippen LogP contribution in [0.3, 0.4) is 0 Å². The fourth-order valence-corrected chi connectivity index (χ4v) is 5.11. The normalized spacial score (nSPS) is 21.4. The van der Waals surface area contributed by atoms with Gasteiger partial charge in [-0.25, -0.2) is 28.1 Å². The third-order valence-electron chi connectivity index (χ3n) is 7.15. The topological polar surface area (TPSA) is 302 Å². The number of aromatic nitrogens is 7. The summed E-state index contributed by atoms with van der Waals surface area (Å²) in [5.74, 6) is -0.941. The number of carbonyl (C=O) groups is 1. The van der Waals surface area contributed by atoms with Crippen molar-refractivity contribution in [1.29, 1.82) is 0 Å². The highest BCUT2D eigenvalue weighted by atomic mass is 32.2. The average Bonchev–Trinajstić information content (AvgIpc) is 3.73. The molecule has 1 aliphatic heterocycles. The molecule has 0 aromatic carbocycles. The summed E-state index contributed by atoms with van der Waals surface area (Å²) in [5, 5.41) is 28.6. The van der Waals surface area contributed by atoms with Gasteiger partial charge in [0.05, 0.1) is 76.8 Å². The van der Waals surface area contributed by atoms with Gasteiger partial charge < -0.3 is 46.4 Å². The standard InChI is InChI=1S/C25H41N11O10S/c1-47(40,41)34-45-9-8-43-7-6-42-5-4-36-16(11-32-33-36)12-44-21-18(10-15(26)2-3-17(27)25(38)39)46-24(20(21)37)35-14-31-19-22(28)29-13-30-23(19)35/h11,13-15,17-18,20-21,24,34,37H,2-10,12,26-27H2,1H3,(H,38,39)(H2,28,29,30)/t15-,17-,18+,20+,21+,24+/m0/s1. The molecule has 22 heteroatoms. The molecule has 262 valence electrons. The minimum absolute atomic E-state index is 0.0187. The van der Waals surface area contributed by atoms with Crippen molar-refractivity contribution in [3.63, 3.8) is 0 Å². The highest BCUT2D eigenvalue weighted by Crippen LogP contribution is 2.36. The minimum atomic E-state index is -3.43. The van der Waals surface area contributed by atoms with Gasteiger partial charge in [-0.3, -0.25) is 14.2 Å². The maximum absolute atomic E-state index is 11.4. The number of aliphatic hydroxyl groups is 1. The van der Waals surface area contributed by atoms with Crippen LogP contribution >= 0.6 is 0 Å². The van der Waals surface area contributed by atoms with Crippen molar-refractivity contribution < 1.29 is 47.2 Å². The number of hydrogen-bond donors (Lipinski definition) is 6. The largest absolute Gasteiger partial charge is 0.480 e. The maximum atomic E-state index is 11.4. The van der Waals surface area contributed by atoms with E-state index in [2.05, 4.69) is 25.3 Å². The second-order valence-electron chi connectivity index (χ2n) is 10.8. The van der Waals surface area contributed by atoms with Crippen molar-refractivity contribution in [1.82, 2.24) is 39.4 Å². The number of sulfonamides is 1. The number of carboxylic acids is 1. The number of aliphatic hydroxyl groups excluding tert-OH is 1. The monoisotopic (exact) mass is 687 g/mol. The zero-order valence-corrected chi connectivity index (χ0v) is 26.5. The molecule has 0 saturated carbocycles. The third kappa shape index (κ3) is 10.5. The summed E-state index contributed by atoms with van der Waals surface area (Å²) in [6, 6.07) is -1.54. The third-order valence-corrected chi connectivity index (χ3v) is 7.57. The first-order valence-corrected chi connectivity index (χ1v) is 16.6. The Bertz CT molecular complexity index is 1540. The number of nitrogens with zero attached hydrogens (tertiary/aromatic N) is 7. The summed E-state index contributed by atoms with van der Waals surface area (Å²) in [6.45, 7) is 1.44. The van der Waals surface area contributed by atoms with Crippen LogP contribution in [-0.4, -0.2) is 129 Å². The molecule has 0 unspecified atom stereocenters. The Kier molecular flexibility index (Phi) is 13.2. The van der Waals surface area contributed by atoms with Gasteiger partial charge in [-0.05, 0) is 19.3 Å². The van der Waals surface area contributed by atoms with Gasteiger partial charge in [0.1, 0.15) is 30.1 Å². The Morgan fingerprint density at radius 3 is 2.62 bits per heavy atom. The van der Waals surface area contributed by atoms with Crippen molar-refractivity contribution >= 4 is 33.0 Å². The van der Waals surface area contributed by atoms with Gasteiger partial charge in [-0.2, -0.15) is 0 Å². The molecule has 6 atom stereocenters. The van der Waals surface area contributed by atoms with E-state index in [1.54, 1.807) is 9.25 Å². The lowest BCUT2D eigenvalue weighted by Gasteiger charge is -2.23. The maximum Gasteiger partial charge on any atom is 0.320 e. The van der Waals surface area contributed by atoms with Gasteiger partial charge in [0.2, 0.25) is 10.0 Å². The van der Waals surface area contributed by atoms with Crippen molar-refractivity contribution in [2.45, 2.75) is 69.0 Å². The Morgan fingerprint density at radius 1 is 1.13 bits per heavy atom. The molecular weight excluding hydrogens is 646 g/mol. The van der Waals surface area contributed by atoms with E-state index < -0.39 is 52.6 Å². The molecule has 1 saturated heterocycles. The van der Waals surface area contributed by atoms with Crippen LogP contribution in [0, 0.1) is 0 Å². The molecule has 0 spiro atoms. The predicted molar refractivity (Wildman–Crippen MR) is 161 cm³/mol. The molecule has 0 amide bonds. The summed E-state index contributed by atoms with van der Waals surface area (Å²) >= 11 is 0. The summed E-state index contributed by atoms with van der Waals surface area (Å²) in [4.78, 5) is 30.2. The van der Waals surface area contributed by atoms with Crippen LogP contribution in [0.2, 0.25) is 0 Å². The van der Waals surface area contributed by atoms with Gasteiger partial charge in [0, 0.05) is 6.04 Å². The SMILES string of the molecule is CS(=O)(=O)NOCCOCCOCCn1nncc1CO[C@H]1[C@@H](O)[C@H](n2cnc3c(N)ncnc32)O[C@@H]1C[C@@H](N)CC[C@H](N)C(=O)O. The van der Waals surface area contributed by atoms with E-state index in [9.17, 15) is 18.3 Å². The summed E-state index contributed by atoms with van der Waals surface area (Å²) < 4.78 is 48.4. The van der Waals surface area contributed by atoms with E-state index in [1.165, 1.54) is 18.9 Å². The molecule has 0 radical (unpaired) electrons. The van der Waals surface area contributed by atoms with Gasteiger partial charge >= 0.3 is 5.97 Å². The van der Waals surface area contributed by atoms with Crippen molar-refractivity contribution in [2.24, 2.45) is 11.5 Å². The minimum Gasteiger partial charge on any atom is -0.480 e. The van der Waals surface area contributed by atoms with Crippen molar-refractivity contribution in [2.75, 3.05) is 45.0 Å². The highest BCUT2D eigenvalue weighted by Gasteiger charge is 2.46. The van der Waals surface area contributed by atoms with E-state index in [0.717, 1.165) is 6.26 Å². The fourth-order valence-electron chi connectivity index (χ4n) is 4.82. The molecule has 9 N–H and O–H groups in total. The number of fused-ring (bicyclic) bond motifs is 1. The Morgan fingerprint density at radius 2 is 1.87 bits per heavy atom. The molecule has 47 heavy (non-hydrogen) atoms. The molecule has 3 aromatic heterocycles. The molecule has 4 heterocycles. The molecule has 3 aromatic rings. The summed E-state index contributed by atoms with van der Waals surface area (Å²) in [5.41, 5.74) is 19.2. The van der Waals surface area contributed by atoms with Crippen LogP contribution in [0.15, 0.2) is 18.9 Å². The lowest BCUT2D eigenvalue weighted by atomic mass is 9.98. The highest BCUT2D eigenvalue weighted by molar-refractivity contribution is 7.88. The molecule has 0 aliphatic carbocycles. The average molecular weight is 688 g/mol. The van der Waals surface area contributed by atoms with E-state index >= 15 is 0 Å². The van der Waals surface area contributed by atoms with E-state index in [4.69, 9.17) is 46.1 Å². The zero-order chi connectivity index (χ0) is 34.0. The van der Waals surface area contributed by atoms with Crippen LogP contribution in [0.1, 0.15) is 31.2 Å². The number of hydrogen-bond acceptors (Lipinski definition) is 17. The Hall–Kier alpha value is -3.45. The molecular formula is C25H41N11O10S. The molecule has 1 fully saturated rings. The van der Waals surface area contributed by atoms with Gasteiger partial charge in [-0.1, -0.05) is 10.1 Å². The Balaban J connectivity index is 1.32. The Labute approximate surface area is 269 Å². The van der Waals surface area contributed by atoms with E-state index in [-0.39, 0.29) is 58.3 Å². The number of nitrogen functional groups attached to an aromatic ring is 1. The van der Waals surface area contributed by atoms with Crippen molar-refractivity contribution in [3.8, 4) is 0 Å². The molecule has 4 rings (SSSR count). The lowest BCUT2D eigenvalue weighted by molar-refractivity contribution is -0.138. The fraction of sp³-hybridized carbons (Fsp3) is 0.680. The number of carboxylic acid groups (broad SMARTS) is 1. The van der Waals surface area contributed by atoms with Crippen LogP contribution in [0.4, 0.5) is 5.82 Å². The molecule has 0 bridgehead atoms. The number of nitrogens with two attached hydrogens (primary N) is 3. The van der Waals surface area contributed by atoms with Gasteiger partial charge in [0.25, 0.3) is 0 Å². The quantitative estimate of drug-likeness (QED) is 0.0489. The van der Waals surface area contributed by atoms with Crippen LogP contribution in [0.5, 0.6) is 0 Å². The molecule has 1 aliphatic rings. The number of rotatable bonds is 21. The predicted octanol–water partition coefficient (Wildman–Crippen LogP) is -2.73. The number of ether oxygens (including phenoxy) is 4. The number of anilines is 1. The van der Waals surface area contributed by atoms with E-state index in [0.29, 0.717) is 29.8 Å². The first kappa shape index (κ1) is 36.4. The molecule has 21 nitrogen and oxygen atoms in total. The number of imidazole rings is 1. The van der Waals surface area contributed by atoms with Crippen LogP contribution < -0.4 is 22.1 Å². The lowest BCUT2D eigenvalue weighted by Crippen LogP contribution is -2.39. The van der Waals surface area contributed by atoms with E-state index in [1.807, 2.05) is 4.89 Å². The van der Waals surface area contributed by atoms with Crippen LogP contribution in [-0.2, 0) is 51.8 Å². The first-order chi connectivity index (χ1) is 22.4. The number of nitrogens with one attached hydrogen (secondary N) is 1. The number of aliphatic carboxylic acids is 1. The van der Waals surface area contributed by atoms with Gasteiger partial charge in [-0.15, -0.1) is 5.10 Å². The zero-order valence-electron chi connectivity index (χ0n) is 25.7. The van der Waals surface area contributed by atoms with Crippen LogP contribution in [0.25, 0.3) is 11.2 Å². The second-order valence-corrected chi connectivity index (χ2v) is 12.5. The second kappa shape index (κ2) is 17.1. The summed E-state index contributed by atoms with van der Waals surface area (Å²) in [6.07, 6.45) is 2.29. The van der Waals surface area contributed by atoms with Gasteiger partial charge in [0.15, 0.2) is 17.7 Å². The first-order valence-electron chi connectivity index (χ1n) is 14.7. The summed E-state index contributed by atoms with van der Waals surface area (Å²) in [7, 11) is -3.43. The smallest absolute Gasteiger partial charge is 0.320 e.